The number of hydrogen-bond donors (Lipinski definition) is 2. The largest absolute Gasteiger partial charge is 0.416 e. The molecule has 0 bridgehead atoms. The smallest absolute Gasteiger partial charge is 0.383 e. The van der Waals surface area contributed by atoms with Gasteiger partial charge in [-0.05, 0) is 25.1 Å². The number of rotatable bonds is 5. The molecule has 2 aromatic rings. The second-order valence-electron chi connectivity index (χ2n) is 6.58. The van der Waals surface area contributed by atoms with Gasteiger partial charge in [-0.2, -0.15) is 18.2 Å². The number of alkyl halides is 3. The van der Waals surface area contributed by atoms with Crippen molar-refractivity contribution in [3.8, 4) is 0 Å². The highest BCUT2D eigenvalue weighted by atomic mass is 19.4. The van der Waals surface area contributed by atoms with Crippen molar-refractivity contribution < 1.29 is 27.2 Å². The molecule has 3 amide bonds. The number of hydrogen-bond acceptors (Lipinski definition) is 5. The minimum absolute atomic E-state index is 0.0656. The molecule has 31 heavy (non-hydrogen) atoms. The highest BCUT2D eigenvalue weighted by Crippen LogP contribution is 2.33. The Kier molecular flexibility index (Phi) is 5.82. The maximum Gasteiger partial charge on any atom is 0.416 e. The van der Waals surface area contributed by atoms with E-state index in [9.17, 15) is 27.2 Å². The predicted octanol–water partition coefficient (Wildman–Crippen LogP) is 2.97. The molecule has 3 N–H and O–H groups in total. The number of nitrogens with one attached hydrogen (secondary N) is 1. The highest BCUT2D eigenvalue weighted by Gasteiger charge is 2.33. The first kappa shape index (κ1) is 22.0. The van der Waals surface area contributed by atoms with E-state index in [0.29, 0.717) is 18.2 Å². The molecule has 2 heterocycles. The van der Waals surface area contributed by atoms with Crippen LogP contribution in [0.25, 0.3) is 0 Å². The summed E-state index contributed by atoms with van der Waals surface area (Å²) in [6.45, 7) is 5.11. The average Bonchev–Trinajstić information content (AvgIpc) is 3.09. The molecule has 1 saturated heterocycles. The first-order valence-corrected chi connectivity index (χ1v) is 9.08. The van der Waals surface area contributed by atoms with E-state index >= 15 is 0 Å². The second-order valence-corrected chi connectivity index (χ2v) is 6.58. The van der Waals surface area contributed by atoms with Crippen LogP contribution < -0.4 is 20.9 Å². The summed E-state index contributed by atoms with van der Waals surface area (Å²) in [4.78, 5) is 34.8. The van der Waals surface area contributed by atoms with Crippen LogP contribution in [0.2, 0.25) is 0 Å². The molecule has 1 aromatic heterocycles. The van der Waals surface area contributed by atoms with Crippen LogP contribution in [0.4, 0.5) is 39.8 Å². The minimum Gasteiger partial charge on any atom is -0.383 e. The lowest BCUT2D eigenvalue weighted by atomic mass is 10.1. The predicted molar refractivity (Wildman–Crippen MR) is 105 cm³/mol. The van der Waals surface area contributed by atoms with Crippen LogP contribution >= 0.6 is 0 Å². The number of carbonyl (C=O) groups excluding carboxylic acids is 2. The molecule has 0 spiro atoms. The fraction of sp³-hybridized carbons (Fsp3) is 0.263. The molecule has 8 nitrogen and oxygen atoms in total. The monoisotopic (exact) mass is 438 g/mol. The summed E-state index contributed by atoms with van der Waals surface area (Å²) in [5.41, 5.74) is 3.95. The van der Waals surface area contributed by atoms with Crippen molar-refractivity contribution in [3.05, 3.63) is 54.0 Å². The number of nitrogen functional groups attached to an aromatic ring is 1. The van der Waals surface area contributed by atoms with E-state index in [1.54, 1.807) is 0 Å². The molecule has 1 unspecified atom stereocenters. The molecular weight excluding hydrogens is 420 g/mol. The summed E-state index contributed by atoms with van der Waals surface area (Å²) in [5, 5.41) is 2.62. The van der Waals surface area contributed by atoms with Crippen molar-refractivity contribution in [2.24, 2.45) is 0 Å². The van der Waals surface area contributed by atoms with Crippen molar-refractivity contribution in [2.45, 2.75) is 19.1 Å². The van der Waals surface area contributed by atoms with Gasteiger partial charge in [-0.1, -0.05) is 6.08 Å². The van der Waals surface area contributed by atoms with Crippen LogP contribution in [0.5, 0.6) is 0 Å². The Hall–Kier alpha value is -3.70. The molecule has 1 aliphatic rings. The van der Waals surface area contributed by atoms with Gasteiger partial charge >= 0.3 is 12.2 Å². The number of nitrogens with two attached hydrogens (primary N) is 1. The molecule has 164 valence electrons. The van der Waals surface area contributed by atoms with E-state index in [1.807, 2.05) is 0 Å². The third kappa shape index (κ3) is 4.27. The molecular formula is C19H18F4N6O2. The van der Waals surface area contributed by atoms with Crippen molar-refractivity contribution in [1.82, 2.24) is 15.3 Å². The van der Waals surface area contributed by atoms with E-state index in [4.69, 9.17) is 5.73 Å². The average molecular weight is 438 g/mol. The van der Waals surface area contributed by atoms with Crippen molar-refractivity contribution in [1.29, 1.82) is 0 Å². The van der Waals surface area contributed by atoms with Crippen LogP contribution in [0.3, 0.4) is 0 Å². The van der Waals surface area contributed by atoms with Gasteiger partial charge in [0.2, 0.25) is 5.95 Å². The molecule has 1 aromatic carbocycles. The Morgan fingerprint density at radius 1 is 1.45 bits per heavy atom. The third-order valence-corrected chi connectivity index (χ3v) is 4.62. The van der Waals surface area contributed by atoms with Crippen LogP contribution in [-0.2, 0) is 6.18 Å². The zero-order valence-corrected chi connectivity index (χ0v) is 16.3. The molecule has 0 saturated carbocycles. The molecule has 3 rings (SSSR count). The second kappa shape index (κ2) is 8.20. The number of urea groups is 1. The van der Waals surface area contributed by atoms with Gasteiger partial charge in [-0.3, -0.25) is 9.69 Å². The lowest BCUT2D eigenvalue weighted by Crippen LogP contribution is -2.33. The summed E-state index contributed by atoms with van der Waals surface area (Å²) in [5.74, 6) is -2.27. The fourth-order valence-electron chi connectivity index (χ4n) is 3.01. The maximum absolute atomic E-state index is 14.3. The lowest BCUT2D eigenvalue weighted by Gasteiger charge is -2.23. The number of benzene rings is 1. The summed E-state index contributed by atoms with van der Waals surface area (Å²) in [6, 6.07) is 0.967. The zero-order chi connectivity index (χ0) is 22.9. The Balaban J connectivity index is 1.93. The topological polar surface area (TPSA) is 104 Å². The Morgan fingerprint density at radius 2 is 2.16 bits per heavy atom. The number of aromatic nitrogens is 2. The van der Waals surface area contributed by atoms with Gasteiger partial charge in [-0.15, -0.1) is 6.58 Å². The van der Waals surface area contributed by atoms with Crippen LogP contribution in [0.1, 0.15) is 22.8 Å². The molecule has 1 atom stereocenters. The van der Waals surface area contributed by atoms with Gasteiger partial charge in [0.05, 0.1) is 23.8 Å². The molecule has 0 radical (unpaired) electrons. The van der Waals surface area contributed by atoms with Gasteiger partial charge < -0.3 is 16.0 Å². The van der Waals surface area contributed by atoms with E-state index < -0.39 is 35.2 Å². The van der Waals surface area contributed by atoms with Crippen molar-refractivity contribution in [3.63, 3.8) is 0 Å². The summed E-state index contributed by atoms with van der Waals surface area (Å²) in [7, 11) is 0. The van der Waals surface area contributed by atoms with Crippen LogP contribution in [-0.4, -0.2) is 41.0 Å². The van der Waals surface area contributed by atoms with Gasteiger partial charge in [0.1, 0.15) is 17.2 Å². The van der Waals surface area contributed by atoms with E-state index in [-0.39, 0.29) is 36.5 Å². The number of anilines is 3. The fourth-order valence-corrected chi connectivity index (χ4v) is 3.01. The van der Waals surface area contributed by atoms with E-state index in [1.165, 1.54) is 17.9 Å². The van der Waals surface area contributed by atoms with Gasteiger partial charge in [0.15, 0.2) is 0 Å². The quantitative estimate of drug-likeness (QED) is 0.552. The molecule has 12 heteroatoms. The van der Waals surface area contributed by atoms with Gasteiger partial charge in [-0.25, -0.2) is 14.2 Å². The van der Waals surface area contributed by atoms with Gasteiger partial charge in [0.25, 0.3) is 5.91 Å². The summed E-state index contributed by atoms with van der Waals surface area (Å²) in [6.07, 6.45) is -2.14. The number of nitrogens with zero attached hydrogens (tertiary/aromatic N) is 4. The first-order valence-electron chi connectivity index (χ1n) is 9.08. The molecule has 0 aliphatic carbocycles. The van der Waals surface area contributed by atoms with E-state index in [2.05, 4.69) is 21.9 Å². The van der Waals surface area contributed by atoms with Crippen LogP contribution in [0.15, 0.2) is 37.1 Å². The Bertz CT molecular complexity index is 1040. The summed E-state index contributed by atoms with van der Waals surface area (Å²) >= 11 is 0. The minimum atomic E-state index is -4.71. The number of amides is 3. The number of halogens is 4. The summed E-state index contributed by atoms with van der Waals surface area (Å²) < 4.78 is 53.3. The van der Waals surface area contributed by atoms with Crippen molar-refractivity contribution in [2.75, 3.05) is 28.6 Å². The van der Waals surface area contributed by atoms with Crippen LogP contribution in [0, 0.1) is 5.82 Å². The van der Waals surface area contributed by atoms with Crippen molar-refractivity contribution >= 4 is 29.4 Å². The van der Waals surface area contributed by atoms with Gasteiger partial charge in [0, 0.05) is 12.7 Å². The Morgan fingerprint density at radius 3 is 2.71 bits per heavy atom. The molecule has 1 fully saturated rings. The highest BCUT2D eigenvalue weighted by molar-refractivity contribution is 6.09. The SMILES string of the molecule is C=CC1CN(c2ncc(C(=O)N(CC)c3cc(C(F)(F)F)ccc3F)c(N)n2)C(=O)N1. The zero-order valence-electron chi connectivity index (χ0n) is 16.3. The third-order valence-electron chi connectivity index (χ3n) is 4.62. The maximum atomic E-state index is 14.3. The standard InChI is InChI=1S/C19H18F4N6O2/c1-3-11-9-29(18(31)26-11)17-25-8-12(15(24)27-17)16(30)28(4-2)14-7-10(19(21,22)23)5-6-13(14)20/h3,5-8,11H,1,4,9H2,2H3,(H,26,31)(H2,24,25,27). The lowest BCUT2D eigenvalue weighted by molar-refractivity contribution is -0.137. The number of carbonyl (C=O) groups is 2. The molecule has 1 aliphatic heterocycles. The Labute approximate surface area is 174 Å². The van der Waals surface area contributed by atoms with E-state index in [0.717, 1.165) is 11.1 Å². The first-order chi connectivity index (χ1) is 14.6. The normalized spacial score (nSPS) is 16.2.